The van der Waals surface area contributed by atoms with Crippen molar-refractivity contribution in [2.75, 3.05) is 19.0 Å². The standard InChI is InChI=1S/C14H17N3O2S/c1-10-16-7-13(20-10)8-17-11-4-3-5-12(6-11)19-9-14(18)15-2/h3-7,17H,8-9H2,1-2H3,(H,15,18). The Hall–Kier alpha value is -2.08. The van der Waals surface area contributed by atoms with Crippen molar-refractivity contribution >= 4 is 22.9 Å². The van der Waals surface area contributed by atoms with E-state index in [-0.39, 0.29) is 12.5 Å². The highest BCUT2D eigenvalue weighted by Gasteiger charge is 2.02. The second-order valence-electron chi connectivity index (χ2n) is 4.19. The summed E-state index contributed by atoms with van der Waals surface area (Å²) in [6, 6.07) is 7.54. The van der Waals surface area contributed by atoms with Gasteiger partial charge in [0.05, 0.1) is 11.6 Å². The lowest BCUT2D eigenvalue weighted by Crippen LogP contribution is -2.24. The van der Waals surface area contributed by atoms with E-state index < -0.39 is 0 Å². The summed E-state index contributed by atoms with van der Waals surface area (Å²) in [5, 5.41) is 6.88. The summed E-state index contributed by atoms with van der Waals surface area (Å²) in [6.07, 6.45) is 1.87. The van der Waals surface area contributed by atoms with Gasteiger partial charge in [0.25, 0.3) is 5.91 Å². The lowest BCUT2D eigenvalue weighted by Gasteiger charge is -2.08. The molecule has 1 amide bonds. The zero-order chi connectivity index (χ0) is 14.4. The topological polar surface area (TPSA) is 63.2 Å². The van der Waals surface area contributed by atoms with E-state index in [1.54, 1.807) is 18.4 Å². The first-order valence-corrected chi connectivity index (χ1v) is 7.07. The molecule has 20 heavy (non-hydrogen) atoms. The van der Waals surface area contributed by atoms with E-state index in [1.807, 2.05) is 37.4 Å². The highest BCUT2D eigenvalue weighted by molar-refractivity contribution is 7.11. The summed E-state index contributed by atoms with van der Waals surface area (Å²) < 4.78 is 5.39. The number of aromatic nitrogens is 1. The average Bonchev–Trinajstić information content (AvgIpc) is 2.88. The minimum Gasteiger partial charge on any atom is -0.484 e. The first kappa shape index (κ1) is 14.3. The Balaban J connectivity index is 1.90. The Bertz CT molecular complexity index is 583. The molecule has 1 aromatic heterocycles. The molecule has 0 bridgehead atoms. The van der Waals surface area contributed by atoms with Crippen LogP contribution >= 0.6 is 11.3 Å². The van der Waals surface area contributed by atoms with E-state index in [9.17, 15) is 4.79 Å². The second kappa shape index (κ2) is 6.91. The number of anilines is 1. The maximum atomic E-state index is 11.1. The van der Waals surface area contributed by atoms with Crippen molar-refractivity contribution in [2.24, 2.45) is 0 Å². The second-order valence-corrected chi connectivity index (χ2v) is 5.51. The van der Waals surface area contributed by atoms with E-state index in [1.165, 1.54) is 4.88 Å². The van der Waals surface area contributed by atoms with Crippen molar-refractivity contribution in [1.29, 1.82) is 0 Å². The molecule has 1 heterocycles. The van der Waals surface area contributed by atoms with Crippen LogP contribution in [-0.2, 0) is 11.3 Å². The highest BCUT2D eigenvalue weighted by atomic mass is 32.1. The molecule has 0 atom stereocenters. The summed E-state index contributed by atoms with van der Waals surface area (Å²) >= 11 is 1.67. The number of hydrogen-bond donors (Lipinski definition) is 2. The number of thiazole rings is 1. The number of carbonyl (C=O) groups is 1. The molecule has 0 aliphatic rings. The number of aryl methyl sites for hydroxylation is 1. The molecule has 106 valence electrons. The summed E-state index contributed by atoms with van der Waals surface area (Å²) in [5.41, 5.74) is 0.949. The Morgan fingerprint density at radius 3 is 3.00 bits per heavy atom. The number of benzene rings is 1. The summed E-state index contributed by atoms with van der Waals surface area (Å²) in [4.78, 5) is 16.5. The summed E-state index contributed by atoms with van der Waals surface area (Å²) in [7, 11) is 1.58. The van der Waals surface area contributed by atoms with Gasteiger partial charge in [0.2, 0.25) is 0 Å². The van der Waals surface area contributed by atoms with Gasteiger partial charge in [0, 0.05) is 29.9 Å². The molecule has 0 saturated carbocycles. The predicted octanol–water partition coefficient (Wildman–Crippen LogP) is 2.19. The molecule has 0 fully saturated rings. The molecule has 0 radical (unpaired) electrons. The molecular formula is C14H17N3O2S. The average molecular weight is 291 g/mol. The van der Waals surface area contributed by atoms with Crippen molar-refractivity contribution in [2.45, 2.75) is 13.5 Å². The molecule has 2 N–H and O–H groups in total. The molecule has 1 aromatic carbocycles. The van der Waals surface area contributed by atoms with Crippen LogP contribution in [0.25, 0.3) is 0 Å². The highest BCUT2D eigenvalue weighted by Crippen LogP contribution is 2.19. The molecule has 2 rings (SSSR count). The van der Waals surface area contributed by atoms with E-state index in [0.29, 0.717) is 5.75 Å². The van der Waals surface area contributed by atoms with Crippen LogP contribution in [0.3, 0.4) is 0 Å². The van der Waals surface area contributed by atoms with Crippen LogP contribution < -0.4 is 15.4 Å². The fourth-order valence-electron chi connectivity index (χ4n) is 1.59. The van der Waals surface area contributed by atoms with Gasteiger partial charge in [-0.05, 0) is 19.1 Å². The third kappa shape index (κ3) is 4.24. The number of carbonyl (C=O) groups excluding carboxylic acids is 1. The molecular weight excluding hydrogens is 274 g/mol. The van der Waals surface area contributed by atoms with E-state index in [2.05, 4.69) is 15.6 Å². The van der Waals surface area contributed by atoms with Crippen LogP contribution in [-0.4, -0.2) is 24.5 Å². The predicted molar refractivity (Wildman–Crippen MR) is 80.2 cm³/mol. The van der Waals surface area contributed by atoms with Crippen LogP contribution in [0.4, 0.5) is 5.69 Å². The normalized spacial score (nSPS) is 10.1. The zero-order valence-corrected chi connectivity index (χ0v) is 12.3. The van der Waals surface area contributed by atoms with Gasteiger partial charge in [-0.1, -0.05) is 6.07 Å². The number of likely N-dealkylation sites (N-methyl/N-ethyl adjacent to an activating group) is 1. The fourth-order valence-corrected chi connectivity index (χ4v) is 2.33. The van der Waals surface area contributed by atoms with Crippen LogP contribution in [0.5, 0.6) is 5.75 Å². The molecule has 0 unspecified atom stereocenters. The van der Waals surface area contributed by atoms with Gasteiger partial charge in [0.1, 0.15) is 5.75 Å². The van der Waals surface area contributed by atoms with Crippen LogP contribution in [0, 0.1) is 6.92 Å². The van der Waals surface area contributed by atoms with Crippen molar-refractivity contribution in [3.05, 3.63) is 40.3 Å². The molecule has 0 aliphatic carbocycles. The number of rotatable bonds is 6. The summed E-state index contributed by atoms with van der Waals surface area (Å²) in [5.74, 6) is 0.516. The largest absolute Gasteiger partial charge is 0.484 e. The number of nitrogens with one attached hydrogen (secondary N) is 2. The number of hydrogen-bond acceptors (Lipinski definition) is 5. The van der Waals surface area contributed by atoms with Gasteiger partial charge in [-0.3, -0.25) is 4.79 Å². The van der Waals surface area contributed by atoms with Gasteiger partial charge in [-0.2, -0.15) is 0 Å². The van der Waals surface area contributed by atoms with Gasteiger partial charge < -0.3 is 15.4 Å². The van der Waals surface area contributed by atoms with Crippen molar-refractivity contribution in [1.82, 2.24) is 10.3 Å². The molecule has 0 spiro atoms. The number of amides is 1. The maximum absolute atomic E-state index is 11.1. The number of nitrogens with zero attached hydrogens (tertiary/aromatic N) is 1. The lowest BCUT2D eigenvalue weighted by molar-refractivity contribution is -0.122. The van der Waals surface area contributed by atoms with Gasteiger partial charge in [-0.25, -0.2) is 4.98 Å². The molecule has 6 heteroatoms. The van der Waals surface area contributed by atoms with Crippen LogP contribution in [0.2, 0.25) is 0 Å². The third-order valence-electron chi connectivity index (χ3n) is 2.62. The third-order valence-corrected chi connectivity index (χ3v) is 3.53. The van der Waals surface area contributed by atoms with Gasteiger partial charge >= 0.3 is 0 Å². The first-order valence-electron chi connectivity index (χ1n) is 6.26. The zero-order valence-electron chi connectivity index (χ0n) is 11.5. The van der Waals surface area contributed by atoms with Crippen molar-refractivity contribution in [3.8, 4) is 5.75 Å². The maximum Gasteiger partial charge on any atom is 0.257 e. The van der Waals surface area contributed by atoms with Crippen LogP contribution in [0.1, 0.15) is 9.88 Å². The van der Waals surface area contributed by atoms with Crippen LogP contribution in [0.15, 0.2) is 30.5 Å². The van der Waals surface area contributed by atoms with Crippen molar-refractivity contribution in [3.63, 3.8) is 0 Å². The quantitative estimate of drug-likeness (QED) is 0.856. The minimum absolute atomic E-state index is 0.0218. The Morgan fingerprint density at radius 2 is 2.30 bits per heavy atom. The van der Waals surface area contributed by atoms with E-state index in [0.717, 1.165) is 17.2 Å². The number of ether oxygens (including phenoxy) is 1. The Kier molecular flexibility index (Phi) is 4.95. The minimum atomic E-state index is -0.150. The first-order chi connectivity index (χ1) is 9.67. The smallest absolute Gasteiger partial charge is 0.257 e. The van der Waals surface area contributed by atoms with Crippen molar-refractivity contribution < 1.29 is 9.53 Å². The summed E-state index contributed by atoms with van der Waals surface area (Å²) in [6.45, 7) is 2.74. The molecule has 2 aromatic rings. The Labute approximate surface area is 122 Å². The van der Waals surface area contributed by atoms with E-state index >= 15 is 0 Å². The van der Waals surface area contributed by atoms with Gasteiger partial charge in [0.15, 0.2) is 6.61 Å². The molecule has 0 aliphatic heterocycles. The lowest BCUT2D eigenvalue weighted by atomic mass is 10.3. The Morgan fingerprint density at radius 1 is 1.45 bits per heavy atom. The molecule has 0 saturated heterocycles. The van der Waals surface area contributed by atoms with Gasteiger partial charge in [-0.15, -0.1) is 11.3 Å². The SMILES string of the molecule is CNC(=O)COc1cccc(NCc2cnc(C)s2)c1. The molecule has 5 nitrogen and oxygen atoms in total. The van der Waals surface area contributed by atoms with E-state index in [4.69, 9.17) is 4.74 Å². The fraction of sp³-hybridized carbons (Fsp3) is 0.286. The monoisotopic (exact) mass is 291 g/mol.